The zero-order valence-corrected chi connectivity index (χ0v) is 9.48. The molecule has 92 valence electrons. The van der Waals surface area contributed by atoms with Crippen molar-refractivity contribution >= 4 is 11.9 Å². The van der Waals surface area contributed by atoms with Gasteiger partial charge in [-0.05, 0) is 19.3 Å². The van der Waals surface area contributed by atoms with Crippen molar-refractivity contribution in [3.63, 3.8) is 0 Å². The lowest BCUT2D eigenvalue weighted by molar-refractivity contribution is -0.146. The molecule has 0 aliphatic heterocycles. The third kappa shape index (κ3) is 2.95. The summed E-state index contributed by atoms with van der Waals surface area (Å²) in [4.78, 5) is 22.7. The van der Waals surface area contributed by atoms with Gasteiger partial charge < -0.3 is 15.5 Å². The SMILES string of the molecule is CCC(CO)NC(=O)[C@@H]1CCC[C@@H]1C(=O)O. The first-order valence-electron chi connectivity index (χ1n) is 5.74. The number of carboxylic acid groups (broad SMARTS) is 1. The summed E-state index contributed by atoms with van der Waals surface area (Å²) < 4.78 is 0. The summed E-state index contributed by atoms with van der Waals surface area (Å²) in [6, 6.07) is -0.262. The third-order valence-corrected chi connectivity index (χ3v) is 3.23. The van der Waals surface area contributed by atoms with Gasteiger partial charge in [-0.25, -0.2) is 0 Å². The molecular formula is C11H19NO4. The summed E-state index contributed by atoms with van der Waals surface area (Å²) in [6.07, 6.45) is 2.63. The molecule has 1 fully saturated rings. The third-order valence-electron chi connectivity index (χ3n) is 3.23. The van der Waals surface area contributed by atoms with Crippen LogP contribution in [0.2, 0.25) is 0 Å². The molecule has 1 saturated carbocycles. The van der Waals surface area contributed by atoms with E-state index in [4.69, 9.17) is 10.2 Å². The van der Waals surface area contributed by atoms with Gasteiger partial charge in [-0.15, -0.1) is 0 Å². The average molecular weight is 229 g/mol. The van der Waals surface area contributed by atoms with Gasteiger partial charge in [0.05, 0.1) is 24.5 Å². The van der Waals surface area contributed by atoms with E-state index >= 15 is 0 Å². The quantitative estimate of drug-likeness (QED) is 0.636. The number of nitrogens with one attached hydrogen (secondary N) is 1. The van der Waals surface area contributed by atoms with E-state index in [0.29, 0.717) is 19.3 Å². The molecule has 0 spiro atoms. The molecule has 0 saturated heterocycles. The second-order valence-corrected chi connectivity index (χ2v) is 4.28. The van der Waals surface area contributed by atoms with Gasteiger partial charge >= 0.3 is 5.97 Å². The van der Waals surface area contributed by atoms with E-state index in [0.717, 1.165) is 6.42 Å². The number of rotatable bonds is 5. The minimum absolute atomic E-state index is 0.104. The van der Waals surface area contributed by atoms with Crippen LogP contribution in [0, 0.1) is 11.8 Å². The van der Waals surface area contributed by atoms with Crippen molar-refractivity contribution in [2.45, 2.75) is 38.6 Å². The highest BCUT2D eigenvalue weighted by atomic mass is 16.4. The molecular weight excluding hydrogens is 210 g/mol. The van der Waals surface area contributed by atoms with Crippen LogP contribution >= 0.6 is 0 Å². The van der Waals surface area contributed by atoms with Crippen molar-refractivity contribution in [3.8, 4) is 0 Å². The van der Waals surface area contributed by atoms with E-state index in [1.807, 2.05) is 6.92 Å². The maximum absolute atomic E-state index is 11.8. The van der Waals surface area contributed by atoms with Crippen LogP contribution in [0.15, 0.2) is 0 Å². The molecule has 0 bridgehead atoms. The highest BCUT2D eigenvalue weighted by Gasteiger charge is 2.38. The largest absolute Gasteiger partial charge is 0.481 e. The molecule has 0 aromatic heterocycles. The van der Waals surface area contributed by atoms with E-state index in [9.17, 15) is 9.59 Å². The molecule has 3 atom stereocenters. The number of hydrogen-bond acceptors (Lipinski definition) is 3. The first-order chi connectivity index (χ1) is 7.60. The van der Waals surface area contributed by atoms with Gasteiger partial charge in [0.1, 0.15) is 0 Å². The molecule has 5 nitrogen and oxygen atoms in total. The fourth-order valence-corrected chi connectivity index (χ4v) is 2.15. The van der Waals surface area contributed by atoms with Gasteiger partial charge in [0.15, 0.2) is 0 Å². The Morgan fingerprint density at radius 3 is 2.50 bits per heavy atom. The van der Waals surface area contributed by atoms with Crippen molar-refractivity contribution < 1.29 is 19.8 Å². The van der Waals surface area contributed by atoms with Gasteiger partial charge in [-0.2, -0.15) is 0 Å². The van der Waals surface area contributed by atoms with Crippen LogP contribution in [0.4, 0.5) is 0 Å². The van der Waals surface area contributed by atoms with Crippen LogP contribution in [0.1, 0.15) is 32.6 Å². The Hall–Kier alpha value is -1.10. The number of aliphatic hydroxyl groups is 1. The molecule has 1 aliphatic rings. The highest BCUT2D eigenvalue weighted by Crippen LogP contribution is 2.32. The van der Waals surface area contributed by atoms with Gasteiger partial charge in [0, 0.05) is 0 Å². The second-order valence-electron chi connectivity index (χ2n) is 4.28. The Kier molecular flexibility index (Phi) is 4.73. The van der Waals surface area contributed by atoms with E-state index in [1.54, 1.807) is 0 Å². The fourth-order valence-electron chi connectivity index (χ4n) is 2.15. The van der Waals surface area contributed by atoms with Crippen LogP contribution in [-0.4, -0.2) is 34.7 Å². The molecule has 16 heavy (non-hydrogen) atoms. The van der Waals surface area contributed by atoms with Gasteiger partial charge in [0.2, 0.25) is 5.91 Å². The number of aliphatic carboxylic acids is 1. The Balaban J connectivity index is 2.56. The summed E-state index contributed by atoms with van der Waals surface area (Å²) in [5.41, 5.74) is 0. The minimum atomic E-state index is -0.894. The molecule has 0 aromatic rings. The molecule has 0 radical (unpaired) electrons. The highest BCUT2D eigenvalue weighted by molar-refractivity contribution is 5.85. The molecule has 5 heteroatoms. The summed E-state index contributed by atoms with van der Waals surface area (Å²) >= 11 is 0. The fraction of sp³-hybridized carbons (Fsp3) is 0.818. The Labute approximate surface area is 94.8 Å². The second kappa shape index (κ2) is 5.84. The molecule has 1 amide bonds. The van der Waals surface area contributed by atoms with E-state index in [1.165, 1.54) is 0 Å². The zero-order valence-electron chi connectivity index (χ0n) is 9.48. The molecule has 1 unspecified atom stereocenters. The lowest BCUT2D eigenvalue weighted by Crippen LogP contribution is -2.42. The summed E-state index contributed by atoms with van der Waals surface area (Å²) in [6.45, 7) is 1.76. The maximum atomic E-state index is 11.8. The van der Waals surface area contributed by atoms with Crippen LogP contribution < -0.4 is 5.32 Å². The number of hydrogen-bond donors (Lipinski definition) is 3. The van der Waals surface area contributed by atoms with Crippen molar-refractivity contribution in [1.82, 2.24) is 5.32 Å². The molecule has 0 heterocycles. The number of carbonyl (C=O) groups is 2. The van der Waals surface area contributed by atoms with E-state index in [-0.39, 0.29) is 18.6 Å². The van der Waals surface area contributed by atoms with Gasteiger partial charge in [-0.3, -0.25) is 9.59 Å². The van der Waals surface area contributed by atoms with Crippen LogP contribution in [0.25, 0.3) is 0 Å². The molecule has 1 aliphatic carbocycles. The summed E-state index contributed by atoms with van der Waals surface area (Å²) in [5, 5.41) is 20.6. The Bertz CT molecular complexity index is 263. The van der Waals surface area contributed by atoms with E-state index < -0.39 is 17.8 Å². The predicted octanol–water partition coefficient (Wildman–Crippen LogP) is 0.374. The van der Waals surface area contributed by atoms with Crippen molar-refractivity contribution in [3.05, 3.63) is 0 Å². The zero-order chi connectivity index (χ0) is 12.1. The monoisotopic (exact) mass is 229 g/mol. The maximum Gasteiger partial charge on any atom is 0.307 e. The lowest BCUT2D eigenvalue weighted by Gasteiger charge is -2.19. The van der Waals surface area contributed by atoms with Crippen LogP contribution in [0.5, 0.6) is 0 Å². The first-order valence-corrected chi connectivity index (χ1v) is 5.74. The molecule has 1 rings (SSSR count). The van der Waals surface area contributed by atoms with Crippen LogP contribution in [-0.2, 0) is 9.59 Å². The van der Waals surface area contributed by atoms with Gasteiger partial charge in [0.25, 0.3) is 0 Å². The Morgan fingerprint density at radius 1 is 1.38 bits per heavy atom. The normalized spacial score (nSPS) is 26.4. The van der Waals surface area contributed by atoms with Crippen molar-refractivity contribution in [1.29, 1.82) is 0 Å². The van der Waals surface area contributed by atoms with Crippen molar-refractivity contribution in [2.75, 3.05) is 6.61 Å². The topological polar surface area (TPSA) is 86.6 Å². The number of amides is 1. The lowest BCUT2D eigenvalue weighted by atomic mass is 9.95. The van der Waals surface area contributed by atoms with E-state index in [2.05, 4.69) is 5.32 Å². The van der Waals surface area contributed by atoms with Gasteiger partial charge in [-0.1, -0.05) is 13.3 Å². The standard InChI is InChI=1S/C11H19NO4/c1-2-7(6-13)12-10(14)8-4-3-5-9(8)11(15)16/h7-9,13H,2-6H2,1H3,(H,12,14)(H,15,16)/t7?,8-,9+/m1/s1. The predicted molar refractivity (Wildman–Crippen MR) is 57.8 cm³/mol. The summed E-state index contributed by atoms with van der Waals surface area (Å²) in [7, 11) is 0. The molecule has 0 aromatic carbocycles. The van der Waals surface area contributed by atoms with Crippen molar-refractivity contribution in [2.24, 2.45) is 11.8 Å². The van der Waals surface area contributed by atoms with Crippen LogP contribution in [0.3, 0.4) is 0 Å². The summed E-state index contributed by atoms with van der Waals surface area (Å²) in [5.74, 6) is -2.12. The smallest absolute Gasteiger partial charge is 0.307 e. The average Bonchev–Trinajstić information content (AvgIpc) is 2.74. The molecule has 3 N–H and O–H groups in total. The number of carbonyl (C=O) groups excluding carboxylic acids is 1. The Morgan fingerprint density at radius 2 is 2.00 bits per heavy atom. The first kappa shape index (κ1) is 13.0. The minimum Gasteiger partial charge on any atom is -0.481 e. The number of aliphatic hydroxyl groups excluding tert-OH is 1. The number of carboxylic acids is 1.